The Bertz CT molecular complexity index is 265. The molecule has 1 rings (SSSR count). The van der Waals surface area contributed by atoms with E-state index in [1.54, 1.807) is 0 Å². The Kier molecular flexibility index (Phi) is 6.71. The van der Waals surface area contributed by atoms with Crippen molar-refractivity contribution in [3.8, 4) is 6.07 Å². The third kappa shape index (κ3) is 3.72. The van der Waals surface area contributed by atoms with Gasteiger partial charge >= 0.3 is 0 Å². The summed E-state index contributed by atoms with van der Waals surface area (Å²) in [4.78, 5) is 2.51. The Labute approximate surface area is 113 Å². The number of nitrogens with zero attached hydrogens (tertiary/aromatic N) is 2. The van der Waals surface area contributed by atoms with Gasteiger partial charge in [-0.2, -0.15) is 5.26 Å². The highest BCUT2D eigenvalue weighted by Crippen LogP contribution is 2.35. The number of hydrogen-bond acceptors (Lipinski definition) is 2. The van der Waals surface area contributed by atoms with Gasteiger partial charge < -0.3 is 0 Å². The molecule has 0 amide bonds. The molecule has 2 nitrogen and oxygen atoms in total. The fourth-order valence-electron chi connectivity index (χ4n) is 3.64. The molecule has 2 heteroatoms. The second-order valence-electron chi connectivity index (χ2n) is 5.91. The summed E-state index contributed by atoms with van der Waals surface area (Å²) < 4.78 is 0. The van der Waals surface area contributed by atoms with E-state index in [2.05, 4.69) is 38.8 Å². The summed E-state index contributed by atoms with van der Waals surface area (Å²) in [6.45, 7) is 6.80. The van der Waals surface area contributed by atoms with Gasteiger partial charge in [0.15, 0.2) is 0 Å². The van der Waals surface area contributed by atoms with E-state index in [4.69, 9.17) is 0 Å². The number of hydrogen-bond donors (Lipinski definition) is 0. The molecule has 1 saturated carbocycles. The summed E-state index contributed by atoms with van der Waals surface area (Å²) in [6, 6.07) is 3.69. The Hall–Kier alpha value is -0.550. The molecule has 3 unspecified atom stereocenters. The van der Waals surface area contributed by atoms with Gasteiger partial charge in [-0.3, -0.25) is 4.90 Å². The van der Waals surface area contributed by atoms with Gasteiger partial charge in [-0.05, 0) is 45.1 Å². The molecule has 1 aliphatic carbocycles. The highest BCUT2D eigenvalue weighted by atomic mass is 15.2. The standard InChI is InChI=1S/C16H30N2/c1-5-8-13-9-10-14(12-17)16(11-13)18(4)15(6-2)7-3/h13-16H,5-11H2,1-4H3. The van der Waals surface area contributed by atoms with E-state index < -0.39 is 0 Å². The van der Waals surface area contributed by atoms with Gasteiger partial charge in [0.25, 0.3) is 0 Å². The van der Waals surface area contributed by atoms with E-state index in [9.17, 15) is 5.26 Å². The van der Waals surface area contributed by atoms with E-state index in [0.717, 1.165) is 12.3 Å². The predicted molar refractivity (Wildman–Crippen MR) is 77.3 cm³/mol. The summed E-state index contributed by atoms with van der Waals surface area (Å²) in [5.41, 5.74) is 0. The number of nitriles is 1. The van der Waals surface area contributed by atoms with Crippen molar-refractivity contribution in [3.05, 3.63) is 0 Å². The van der Waals surface area contributed by atoms with E-state index in [-0.39, 0.29) is 5.92 Å². The van der Waals surface area contributed by atoms with Crippen molar-refractivity contribution in [2.24, 2.45) is 11.8 Å². The average molecular weight is 250 g/mol. The van der Waals surface area contributed by atoms with Crippen LogP contribution in [-0.4, -0.2) is 24.0 Å². The van der Waals surface area contributed by atoms with E-state index >= 15 is 0 Å². The van der Waals surface area contributed by atoms with Crippen molar-refractivity contribution in [1.29, 1.82) is 5.26 Å². The third-order valence-electron chi connectivity index (χ3n) is 4.83. The zero-order chi connectivity index (χ0) is 13.5. The zero-order valence-corrected chi connectivity index (χ0v) is 12.7. The molecule has 0 radical (unpaired) electrons. The predicted octanol–water partition coefficient (Wildman–Crippen LogP) is 4.22. The van der Waals surface area contributed by atoms with Crippen LogP contribution in [0.5, 0.6) is 0 Å². The minimum Gasteiger partial charge on any atom is -0.299 e. The lowest BCUT2D eigenvalue weighted by Crippen LogP contribution is -2.46. The van der Waals surface area contributed by atoms with Crippen LogP contribution in [0, 0.1) is 23.2 Å². The first-order chi connectivity index (χ1) is 8.67. The maximum absolute atomic E-state index is 9.38. The maximum Gasteiger partial charge on any atom is 0.0672 e. The molecule has 18 heavy (non-hydrogen) atoms. The van der Waals surface area contributed by atoms with Gasteiger partial charge in [-0.1, -0.05) is 33.6 Å². The minimum atomic E-state index is 0.253. The molecule has 1 fully saturated rings. The van der Waals surface area contributed by atoms with Gasteiger partial charge in [0.05, 0.1) is 12.0 Å². The fraction of sp³-hybridized carbons (Fsp3) is 0.938. The van der Waals surface area contributed by atoms with Gasteiger partial charge in [0.1, 0.15) is 0 Å². The van der Waals surface area contributed by atoms with Gasteiger partial charge in [-0.15, -0.1) is 0 Å². The summed E-state index contributed by atoms with van der Waals surface area (Å²) in [5, 5.41) is 9.38. The smallest absolute Gasteiger partial charge is 0.0672 e. The fourth-order valence-corrected chi connectivity index (χ4v) is 3.64. The van der Waals surface area contributed by atoms with E-state index in [1.165, 1.54) is 38.5 Å². The maximum atomic E-state index is 9.38. The molecule has 0 aliphatic heterocycles. The van der Waals surface area contributed by atoms with Crippen LogP contribution >= 0.6 is 0 Å². The van der Waals surface area contributed by atoms with Crippen molar-refractivity contribution in [1.82, 2.24) is 4.90 Å². The highest BCUT2D eigenvalue weighted by molar-refractivity contribution is 4.98. The van der Waals surface area contributed by atoms with Crippen molar-refractivity contribution in [2.75, 3.05) is 7.05 Å². The molecule has 0 saturated heterocycles. The number of rotatable bonds is 6. The Balaban J connectivity index is 2.70. The lowest BCUT2D eigenvalue weighted by molar-refractivity contribution is 0.0806. The van der Waals surface area contributed by atoms with Gasteiger partial charge in [0.2, 0.25) is 0 Å². The average Bonchev–Trinajstić information content (AvgIpc) is 2.40. The van der Waals surface area contributed by atoms with Gasteiger partial charge in [-0.25, -0.2) is 0 Å². The van der Waals surface area contributed by atoms with Crippen LogP contribution in [0.15, 0.2) is 0 Å². The summed E-state index contributed by atoms with van der Waals surface area (Å²) >= 11 is 0. The zero-order valence-electron chi connectivity index (χ0n) is 12.7. The monoisotopic (exact) mass is 250 g/mol. The van der Waals surface area contributed by atoms with Crippen molar-refractivity contribution in [2.45, 2.75) is 77.8 Å². The molecular formula is C16H30N2. The van der Waals surface area contributed by atoms with Crippen LogP contribution in [0.1, 0.15) is 65.7 Å². The molecule has 1 aliphatic rings. The van der Waals surface area contributed by atoms with Crippen LogP contribution in [0.4, 0.5) is 0 Å². The van der Waals surface area contributed by atoms with E-state index in [0.29, 0.717) is 12.1 Å². The summed E-state index contributed by atoms with van der Waals surface area (Å²) in [7, 11) is 2.24. The van der Waals surface area contributed by atoms with Crippen LogP contribution < -0.4 is 0 Å². The Morgan fingerprint density at radius 3 is 2.39 bits per heavy atom. The topological polar surface area (TPSA) is 27.0 Å². The van der Waals surface area contributed by atoms with Crippen LogP contribution in [0.25, 0.3) is 0 Å². The van der Waals surface area contributed by atoms with Crippen LogP contribution in [0.3, 0.4) is 0 Å². The lowest BCUT2D eigenvalue weighted by Gasteiger charge is -2.41. The second-order valence-corrected chi connectivity index (χ2v) is 5.91. The third-order valence-corrected chi connectivity index (χ3v) is 4.83. The van der Waals surface area contributed by atoms with Crippen molar-refractivity contribution >= 4 is 0 Å². The Morgan fingerprint density at radius 2 is 1.89 bits per heavy atom. The highest BCUT2D eigenvalue weighted by Gasteiger charge is 2.34. The van der Waals surface area contributed by atoms with Crippen molar-refractivity contribution < 1.29 is 0 Å². The summed E-state index contributed by atoms with van der Waals surface area (Å²) in [5.74, 6) is 1.10. The lowest BCUT2D eigenvalue weighted by atomic mass is 9.76. The molecule has 0 heterocycles. The largest absolute Gasteiger partial charge is 0.299 e. The van der Waals surface area contributed by atoms with Crippen LogP contribution in [0.2, 0.25) is 0 Å². The first-order valence-electron chi connectivity index (χ1n) is 7.79. The molecule has 0 bridgehead atoms. The molecular weight excluding hydrogens is 220 g/mol. The van der Waals surface area contributed by atoms with Gasteiger partial charge in [0, 0.05) is 12.1 Å². The minimum absolute atomic E-state index is 0.253. The molecule has 0 aromatic rings. The molecule has 3 atom stereocenters. The van der Waals surface area contributed by atoms with Crippen LogP contribution in [-0.2, 0) is 0 Å². The first kappa shape index (κ1) is 15.5. The molecule has 0 spiro atoms. The van der Waals surface area contributed by atoms with Crippen molar-refractivity contribution in [3.63, 3.8) is 0 Å². The normalized spacial score (nSPS) is 28.6. The first-order valence-corrected chi connectivity index (χ1v) is 7.79. The molecule has 0 aromatic carbocycles. The Morgan fingerprint density at radius 1 is 1.22 bits per heavy atom. The van der Waals surface area contributed by atoms with E-state index in [1.807, 2.05) is 0 Å². The second kappa shape index (κ2) is 7.79. The SMILES string of the molecule is CCCC1CCC(C#N)C(N(C)C(CC)CC)C1. The molecule has 0 aromatic heterocycles. The quantitative estimate of drug-likeness (QED) is 0.706. The summed E-state index contributed by atoms with van der Waals surface area (Å²) in [6.07, 6.45) is 8.61. The molecule has 104 valence electrons. The molecule has 0 N–H and O–H groups in total.